The first kappa shape index (κ1) is 13.9. The summed E-state index contributed by atoms with van der Waals surface area (Å²) in [6, 6.07) is 5.75. The van der Waals surface area contributed by atoms with Gasteiger partial charge in [0.2, 0.25) is 0 Å². The van der Waals surface area contributed by atoms with Gasteiger partial charge in [-0.2, -0.15) is 0 Å². The maximum atomic E-state index is 5.44. The quantitative estimate of drug-likeness (QED) is 0.723. The summed E-state index contributed by atoms with van der Waals surface area (Å²) in [5, 5.41) is 0. The largest absolute Gasteiger partial charge is 0.468 e. The summed E-state index contributed by atoms with van der Waals surface area (Å²) in [5.74, 6) is 4.37. The Kier molecular flexibility index (Phi) is 4.04. The van der Waals surface area contributed by atoms with Crippen LogP contribution in [0.3, 0.4) is 0 Å². The zero-order valence-electron chi connectivity index (χ0n) is 11.2. The minimum Gasteiger partial charge on any atom is -0.468 e. The molecule has 0 aromatic carbocycles. The molecule has 0 atom stereocenters. The number of fused-ring (bicyclic) bond motifs is 1. The van der Waals surface area contributed by atoms with Crippen LogP contribution in [0.25, 0.3) is 11.2 Å². The van der Waals surface area contributed by atoms with Crippen molar-refractivity contribution in [2.75, 3.05) is 6.54 Å². The van der Waals surface area contributed by atoms with E-state index in [0.29, 0.717) is 25.3 Å². The summed E-state index contributed by atoms with van der Waals surface area (Å²) < 4.78 is 6.28. The average Bonchev–Trinajstić information content (AvgIpc) is 3.07. The monoisotopic (exact) mass is 344 g/mol. The SMILES string of the molecule is C#CCN(Cc1nc2ncc(Br)cc2[nH]1)Cc1ccco1. The van der Waals surface area contributed by atoms with Crippen molar-refractivity contribution in [1.29, 1.82) is 0 Å². The fraction of sp³-hybridized carbons (Fsp3) is 0.200. The van der Waals surface area contributed by atoms with Crippen LogP contribution < -0.4 is 0 Å². The van der Waals surface area contributed by atoms with Gasteiger partial charge in [0.15, 0.2) is 5.65 Å². The maximum absolute atomic E-state index is 5.44. The molecule has 0 saturated carbocycles. The summed E-state index contributed by atoms with van der Waals surface area (Å²) in [6.07, 6.45) is 8.83. The van der Waals surface area contributed by atoms with Gasteiger partial charge in [-0.05, 0) is 34.1 Å². The van der Waals surface area contributed by atoms with Gasteiger partial charge in [-0.1, -0.05) is 5.92 Å². The van der Waals surface area contributed by atoms with Crippen LogP contribution >= 0.6 is 15.9 Å². The molecule has 0 radical (unpaired) electrons. The first-order valence-electron chi connectivity index (χ1n) is 6.43. The predicted octanol–water partition coefficient (Wildman–Crippen LogP) is 2.95. The second-order valence-corrected chi connectivity index (χ2v) is 5.55. The van der Waals surface area contributed by atoms with Gasteiger partial charge >= 0.3 is 0 Å². The highest BCUT2D eigenvalue weighted by atomic mass is 79.9. The Bertz CT molecular complexity index is 773. The number of aromatic nitrogens is 3. The zero-order chi connectivity index (χ0) is 14.7. The molecule has 0 saturated heterocycles. The molecule has 6 heteroatoms. The van der Waals surface area contributed by atoms with Crippen LogP contribution in [0.15, 0.2) is 39.5 Å². The molecule has 0 unspecified atom stereocenters. The molecular formula is C15H13BrN4O. The van der Waals surface area contributed by atoms with Crippen molar-refractivity contribution in [3.63, 3.8) is 0 Å². The number of H-pyrrole nitrogens is 1. The number of nitrogens with zero attached hydrogens (tertiary/aromatic N) is 3. The molecule has 3 aromatic heterocycles. The fourth-order valence-corrected chi connectivity index (χ4v) is 2.46. The third kappa shape index (κ3) is 3.32. The molecule has 3 rings (SSSR count). The second kappa shape index (κ2) is 6.12. The highest BCUT2D eigenvalue weighted by molar-refractivity contribution is 9.10. The Morgan fingerprint density at radius 2 is 2.33 bits per heavy atom. The summed E-state index contributed by atoms with van der Waals surface area (Å²) in [4.78, 5) is 14.1. The number of hydrogen-bond acceptors (Lipinski definition) is 4. The van der Waals surface area contributed by atoms with Crippen molar-refractivity contribution in [3.05, 3.63) is 46.7 Å². The number of imidazole rings is 1. The van der Waals surface area contributed by atoms with Crippen LogP contribution in [0.4, 0.5) is 0 Å². The van der Waals surface area contributed by atoms with E-state index in [0.717, 1.165) is 21.6 Å². The molecule has 3 aromatic rings. The number of furan rings is 1. The van der Waals surface area contributed by atoms with E-state index in [1.165, 1.54) is 0 Å². The van der Waals surface area contributed by atoms with Gasteiger partial charge in [0.1, 0.15) is 11.6 Å². The number of nitrogens with one attached hydrogen (secondary N) is 1. The standard InChI is InChI=1S/C15H13BrN4O/c1-2-5-20(9-12-4-3-6-21-12)10-14-18-13-7-11(16)8-17-15(13)19-14/h1,3-4,6-8H,5,9-10H2,(H,17,18,19). The van der Waals surface area contributed by atoms with Crippen molar-refractivity contribution in [2.24, 2.45) is 0 Å². The number of terminal acetylenes is 1. The van der Waals surface area contributed by atoms with Gasteiger partial charge in [-0.3, -0.25) is 4.90 Å². The van der Waals surface area contributed by atoms with E-state index in [9.17, 15) is 0 Å². The second-order valence-electron chi connectivity index (χ2n) is 4.64. The minimum atomic E-state index is 0.523. The molecule has 0 aliphatic heterocycles. The van der Waals surface area contributed by atoms with E-state index < -0.39 is 0 Å². The lowest BCUT2D eigenvalue weighted by Crippen LogP contribution is -2.23. The molecule has 0 spiro atoms. The molecule has 5 nitrogen and oxygen atoms in total. The van der Waals surface area contributed by atoms with Gasteiger partial charge in [-0.25, -0.2) is 9.97 Å². The first-order valence-corrected chi connectivity index (χ1v) is 7.22. The third-order valence-corrected chi connectivity index (χ3v) is 3.43. The number of halogens is 1. The van der Waals surface area contributed by atoms with Crippen molar-refractivity contribution >= 4 is 27.1 Å². The van der Waals surface area contributed by atoms with Crippen LogP contribution in [0.5, 0.6) is 0 Å². The first-order chi connectivity index (χ1) is 10.2. The molecule has 0 fully saturated rings. The molecule has 3 heterocycles. The Labute approximate surface area is 130 Å². The van der Waals surface area contributed by atoms with Crippen LogP contribution in [0, 0.1) is 12.3 Å². The van der Waals surface area contributed by atoms with Crippen molar-refractivity contribution in [2.45, 2.75) is 13.1 Å². The topological polar surface area (TPSA) is 58.0 Å². The predicted molar refractivity (Wildman–Crippen MR) is 83.2 cm³/mol. The number of rotatable bonds is 5. The molecule has 1 N–H and O–H groups in total. The van der Waals surface area contributed by atoms with E-state index in [1.807, 2.05) is 18.2 Å². The Morgan fingerprint density at radius 3 is 3.10 bits per heavy atom. The summed E-state index contributed by atoms with van der Waals surface area (Å²) >= 11 is 3.40. The molecule has 0 aliphatic carbocycles. The molecule has 106 valence electrons. The van der Waals surface area contributed by atoms with Crippen LogP contribution in [0.1, 0.15) is 11.6 Å². The van der Waals surface area contributed by atoms with E-state index in [1.54, 1.807) is 12.5 Å². The minimum absolute atomic E-state index is 0.523. The van der Waals surface area contributed by atoms with Crippen LogP contribution in [-0.2, 0) is 13.1 Å². The number of hydrogen-bond donors (Lipinski definition) is 1. The Morgan fingerprint density at radius 1 is 1.43 bits per heavy atom. The van der Waals surface area contributed by atoms with Gasteiger partial charge in [0.25, 0.3) is 0 Å². The zero-order valence-corrected chi connectivity index (χ0v) is 12.8. The summed E-state index contributed by atoms with van der Waals surface area (Å²) in [5.41, 5.74) is 1.60. The normalized spacial score (nSPS) is 11.1. The van der Waals surface area contributed by atoms with Crippen molar-refractivity contribution in [3.8, 4) is 12.3 Å². The number of pyridine rings is 1. The van der Waals surface area contributed by atoms with Crippen molar-refractivity contribution < 1.29 is 4.42 Å². The van der Waals surface area contributed by atoms with Gasteiger partial charge in [0.05, 0.1) is 31.4 Å². The lowest BCUT2D eigenvalue weighted by molar-refractivity contribution is 0.259. The fourth-order valence-electron chi connectivity index (χ4n) is 2.13. The van der Waals surface area contributed by atoms with E-state index in [4.69, 9.17) is 10.8 Å². The Hall–Kier alpha value is -2.10. The smallest absolute Gasteiger partial charge is 0.177 e. The van der Waals surface area contributed by atoms with Crippen LogP contribution in [-0.4, -0.2) is 26.4 Å². The summed E-state index contributed by atoms with van der Waals surface area (Å²) in [7, 11) is 0. The van der Waals surface area contributed by atoms with E-state index >= 15 is 0 Å². The summed E-state index contributed by atoms with van der Waals surface area (Å²) in [6.45, 7) is 1.78. The third-order valence-electron chi connectivity index (χ3n) is 3.00. The lowest BCUT2D eigenvalue weighted by Gasteiger charge is -2.16. The molecule has 21 heavy (non-hydrogen) atoms. The highest BCUT2D eigenvalue weighted by Crippen LogP contribution is 2.16. The van der Waals surface area contributed by atoms with Crippen LogP contribution in [0.2, 0.25) is 0 Å². The van der Waals surface area contributed by atoms with E-state index in [-0.39, 0.29) is 0 Å². The Balaban J connectivity index is 1.78. The van der Waals surface area contributed by atoms with Gasteiger partial charge in [-0.15, -0.1) is 6.42 Å². The molecule has 0 amide bonds. The van der Waals surface area contributed by atoms with Gasteiger partial charge in [0, 0.05) is 10.7 Å². The molecule has 0 bridgehead atoms. The number of aromatic amines is 1. The molecular weight excluding hydrogens is 332 g/mol. The van der Waals surface area contributed by atoms with Gasteiger partial charge < -0.3 is 9.40 Å². The highest BCUT2D eigenvalue weighted by Gasteiger charge is 2.11. The average molecular weight is 345 g/mol. The maximum Gasteiger partial charge on any atom is 0.177 e. The lowest BCUT2D eigenvalue weighted by atomic mass is 10.3. The van der Waals surface area contributed by atoms with E-state index in [2.05, 4.69) is 41.7 Å². The van der Waals surface area contributed by atoms with Crippen molar-refractivity contribution in [1.82, 2.24) is 19.9 Å². The molecule has 0 aliphatic rings.